The van der Waals surface area contributed by atoms with E-state index in [9.17, 15) is 17.6 Å². The number of hydrogen-bond acceptors (Lipinski definition) is 4. The SMILES string of the molecule is CCN(C)Cc1cccc(CNC(=O)[C@@H](NS(=O)(=O)c2ccccc2F)C(C)C)c1. The van der Waals surface area contributed by atoms with E-state index >= 15 is 0 Å². The van der Waals surface area contributed by atoms with Crippen molar-refractivity contribution in [3.8, 4) is 0 Å². The van der Waals surface area contributed by atoms with Gasteiger partial charge in [0.1, 0.15) is 16.8 Å². The molecule has 2 aromatic rings. The molecular formula is C22H30FN3O3S. The van der Waals surface area contributed by atoms with Crippen LogP contribution in [0, 0.1) is 11.7 Å². The number of carbonyl (C=O) groups excluding carboxylic acids is 1. The summed E-state index contributed by atoms with van der Waals surface area (Å²) in [5, 5.41) is 2.79. The summed E-state index contributed by atoms with van der Waals surface area (Å²) in [4.78, 5) is 14.4. The molecule has 2 rings (SSSR count). The molecule has 8 heteroatoms. The lowest BCUT2D eigenvalue weighted by molar-refractivity contribution is -0.123. The molecule has 30 heavy (non-hydrogen) atoms. The minimum Gasteiger partial charge on any atom is -0.351 e. The van der Waals surface area contributed by atoms with Gasteiger partial charge in [0, 0.05) is 13.1 Å². The Morgan fingerprint density at radius 2 is 1.77 bits per heavy atom. The number of halogens is 1. The first-order valence-corrected chi connectivity index (χ1v) is 11.4. The summed E-state index contributed by atoms with van der Waals surface area (Å²) in [5.41, 5.74) is 2.05. The van der Waals surface area contributed by atoms with Gasteiger partial charge in [0.05, 0.1) is 0 Å². The number of amides is 1. The van der Waals surface area contributed by atoms with Crippen LogP contribution < -0.4 is 10.0 Å². The zero-order valence-corrected chi connectivity index (χ0v) is 18.7. The molecule has 0 aliphatic heterocycles. The Morgan fingerprint density at radius 1 is 1.10 bits per heavy atom. The van der Waals surface area contributed by atoms with Gasteiger partial charge in [-0.3, -0.25) is 4.79 Å². The van der Waals surface area contributed by atoms with Crippen molar-refractivity contribution in [2.45, 2.75) is 44.8 Å². The Labute approximate surface area is 178 Å². The van der Waals surface area contributed by atoms with Gasteiger partial charge in [-0.2, -0.15) is 4.72 Å². The molecule has 0 saturated heterocycles. The van der Waals surface area contributed by atoms with Crippen molar-refractivity contribution >= 4 is 15.9 Å². The Balaban J connectivity index is 2.08. The molecule has 164 valence electrons. The largest absolute Gasteiger partial charge is 0.351 e. The number of rotatable bonds is 10. The van der Waals surface area contributed by atoms with Crippen molar-refractivity contribution in [3.63, 3.8) is 0 Å². The molecule has 0 spiro atoms. The first kappa shape index (κ1) is 24.0. The van der Waals surface area contributed by atoms with Crippen molar-refractivity contribution in [2.24, 2.45) is 5.92 Å². The summed E-state index contributed by atoms with van der Waals surface area (Å²) >= 11 is 0. The third kappa shape index (κ3) is 6.62. The van der Waals surface area contributed by atoms with Gasteiger partial charge in [-0.1, -0.05) is 57.2 Å². The fraction of sp³-hybridized carbons (Fsp3) is 0.409. The topological polar surface area (TPSA) is 78.5 Å². The Hall–Kier alpha value is -2.29. The summed E-state index contributed by atoms with van der Waals surface area (Å²) in [6.07, 6.45) is 0. The van der Waals surface area contributed by atoms with Gasteiger partial charge in [-0.25, -0.2) is 12.8 Å². The first-order valence-electron chi connectivity index (χ1n) is 9.95. The van der Waals surface area contributed by atoms with Crippen LogP contribution in [-0.4, -0.2) is 38.9 Å². The predicted molar refractivity (Wildman–Crippen MR) is 116 cm³/mol. The molecular weight excluding hydrogens is 405 g/mol. The third-order valence-corrected chi connectivity index (χ3v) is 6.28. The van der Waals surface area contributed by atoms with Gasteiger partial charge in [0.25, 0.3) is 0 Å². The molecule has 2 N–H and O–H groups in total. The van der Waals surface area contributed by atoms with Crippen molar-refractivity contribution in [1.29, 1.82) is 0 Å². The second-order valence-electron chi connectivity index (χ2n) is 7.64. The summed E-state index contributed by atoms with van der Waals surface area (Å²) in [5.74, 6) is -1.64. The number of nitrogens with zero attached hydrogens (tertiary/aromatic N) is 1. The zero-order valence-electron chi connectivity index (χ0n) is 17.9. The van der Waals surface area contributed by atoms with Crippen LogP contribution in [0.4, 0.5) is 4.39 Å². The van der Waals surface area contributed by atoms with Crippen LogP contribution >= 0.6 is 0 Å². The maximum atomic E-state index is 13.9. The smallest absolute Gasteiger partial charge is 0.244 e. The summed E-state index contributed by atoms with van der Waals surface area (Å²) < 4.78 is 41.5. The molecule has 0 fully saturated rings. The summed E-state index contributed by atoms with van der Waals surface area (Å²) in [7, 11) is -2.15. The van der Waals surface area contributed by atoms with Crippen molar-refractivity contribution in [2.75, 3.05) is 13.6 Å². The van der Waals surface area contributed by atoms with E-state index in [0.717, 1.165) is 30.3 Å². The van der Waals surface area contributed by atoms with Gasteiger partial charge in [-0.05, 0) is 42.8 Å². The fourth-order valence-electron chi connectivity index (χ4n) is 2.95. The van der Waals surface area contributed by atoms with Crippen LogP contribution in [-0.2, 0) is 27.9 Å². The maximum Gasteiger partial charge on any atom is 0.244 e. The molecule has 1 atom stereocenters. The van der Waals surface area contributed by atoms with E-state index in [1.54, 1.807) is 13.8 Å². The van der Waals surface area contributed by atoms with Gasteiger partial charge < -0.3 is 10.2 Å². The molecule has 0 aromatic heterocycles. The normalized spacial score (nSPS) is 12.9. The lowest BCUT2D eigenvalue weighted by Crippen LogP contribution is -2.49. The zero-order chi connectivity index (χ0) is 22.3. The highest BCUT2D eigenvalue weighted by molar-refractivity contribution is 7.89. The lowest BCUT2D eigenvalue weighted by atomic mass is 10.0. The van der Waals surface area contributed by atoms with E-state index in [4.69, 9.17) is 0 Å². The van der Waals surface area contributed by atoms with Gasteiger partial charge in [0.15, 0.2) is 0 Å². The van der Waals surface area contributed by atoms with Gasteiger partial charge in [-0.15, -0.1) is 0 Å². The highest BCUT2D eigenvalue weighted by Gasteiger charge is 2.29. The summed E-state index contributed by atoms with van der Waals surface area (Å²) in [6.45, 7) is 7.55. The van der Waals surface area contributed by atoms with Crippen molar-refractivity contribution in [3.05, 3.63) is 65.5 Å². The van der Waals surface area contributed by atoms with Crippen LogP contribution in [0.15, 0.2) is 53.4 Å². The van der Waals surface area contributed by atoms with E-state index in [1.807, 2.05) is 31.3 Å². The molecule has 0 aliphatic rings. The van der Waals surface area contributed by atoms with Crippen LogP contribution in [0.25, 0.3) is 0 Å². The minimum absolute atomic E-state index is 0.271. The maximum absolute atomic E-state index is 13.9. The quantitative estimate of drug-likeness (QED) is 0.602. The Bertz CT molecular complexity index is 964. The number of hydrogen-bond donors (Lipinski definition) is 2. The second kappa shape index (κ2) is 10.7. The molecule has 0 bridgehead atoms. The average molecular weight is 436 g/mol. The molecule has 1 amide bonds. The van der Waals surface area contributed by atoms with E-state index in [0.29, 0.717) is 0 Å². The molecule has 0 unspecified atom stereocenters. The number of carbonyl (C=O) groups is 1. The van der Waals surface area contributed by atoms with Crippen LogP contribution in [0.2, 0.25) is 0 Å². The number of sulfonamides is 1. The molecule has 2 aromatic carbocycles. The first-order chi connectivity index (χ1) is 14.1. The predicted octanol–water partition coefficient (Wildman–Crippen LogP) is 2.90. The van der Waals surface area contributed by atoms with Crippen LogP contribution in [0.5, 0.6) is 0 Å². The van der Waals surface area contributed by atoms with Gasteiger partial charge >= 0.3 is 0 Å². The van der Waals surface area contributed by atoms with Gasteiger partial charge in [0.2, 0.25) is 15.9 Å². The molecule has 6 nitrogen and oxygen atoms in total. The van der Waals surface area contributed by atoms with Crippen LogP contribution in [0.1, 0.15) is 31.9 Å². The highest BCUT2D eigenvalue weighted by Crippen LogP contribution is 2.16. The molecule has 0 aliphatic carbocycles. The van der Waals surface area contributed by atoms with E-state index in [2.05, 4.69) is 21.9 Å². The number of benzene rings is 2. The van der Waals surface area contributed by atoms with E-state index < -0.39 is 32.7 Å². The van der Waals surface area contributed by atoms with Crippen LogP contribution in [0.3, 0.4) is 0 Å². The molecule has 0 saturated carbocycles. The Morgan fingerprint density at radius 3 is 2.40 bits per heavy atom. The summed E-state index contributed by atoms with van der Waals surface area (Å²) in [6, 6.07) is 11.9. The van der Waals surface area contributed by atoms with Crippen molar-refractivity contribution < 1.29 is 17.6 Å². The monoisotopic (exact) mass is 435 g/mol. The third-order valence-electron chi connectivity index (χ3n) is 4.81. The average Bonchev–Trinajstić information content (AvgIpc) is 2.70. The lowest BCUT2D eigenvalue weighted by Gasteiger charge is -2.22. The van der Waals surface area contributed by atoms with E-state index in [-0.39, 0.29) is 12.5 Å². The molecule has 0 heterocycles. The second-order valence-corrected chi connectivity index (χ2v) is 9.32. The standard InChI is InChI=1S/C22H30FN3O3S/c1-5-26(4)15-18-10-8-9-17(13-18)14-24-22(27)21(16(2)3)25-30(28,29)20-12-7-6-11-19(20)23/h6-13,16,21,25H,5,14-15H2,1-4H3,(H,24,27)/t21-/m0/s1. The van der Waals surface area contributed by atoms with E-state index in [1.165, 1.54) is 18.2 Å². The Kier molecular flexibility index (Phi) is 8.52. The minimum atomic E-state index is -4.18. The molecule has 0 radical (unpaired) electrons. The van der Waals surface area contributed by atoms with Crippen molar-refractivity contribution in [1.82, 2.24) is 14.9 Å². The fourth-order valence-corrected chi connectivity index (χ4v) is 4.37. The number of nitrogens with one attached hydrogen (secondary N) is 2. The highest BCUT2D eigenvalue weighted by atomic mass is 32.2.